The molecule has 4 nitrogen and oxygen atoms in total. The van der Waals surface area contributed by atoms with E-state index in [0.717, 1.165) is 13.1 Å². The highest BCUT2D eigenvalue weighted by Gasteiger charge is 2.19. The Morgan fingerprint density at radius 1 is 1.36 bits per heavy atom. The average Bonchev–Trinajstić information content (AvgIpc) is 2.21. The maximum atomic E-state index is 10.3. The van der Waals surface area contributed by atoms with Gasteiger partial charge in [0.1, 0.15) is 0 Å². The highest BCUT2D eigenvalue weighted by Crippen LogP contribution is 2.13. The van der Waals surface area contributed by atoms with Gasteiger partial charge in [-0.3, -0.25) is 4.79 Å². The SMILES string of the molecule is CCNCC.O=C(O)C1CCOCC1. The van der Waals surface area contributed by atoms with Crippen LogP contribution in [0, 0.1) is 5.92 Å². The fourth-order valence-electron chi connectivity index (χ4n) is 1.19. The van der Waals surface area contributed by atoms with Crippen LogP contribution in [0.5, 0.6) is 0 Å². The van der Waals surface area contributed by atoms with Gasteiger partial charge in [0, 0.05) is 13.2 Å². The highest BCUT2D eigenvalue weighted by atomic mass is 16.5. The van der Waals surface area contributed by atoms with E-state index >= 15 is 0 Å². The van der Waals surface area contributed by atoms with Crippen LogP contribution >= 0.6 is 0 Å². The first-order valence-corrected chi connectivity index (χ1v) is 5.23. The van der Waals surface area contributed by atoms with Crippen molar-refractivity contribution in [2.45, 2.75) is 26.7 Å². The first-order chi connectivity index (χ1) is 6.72. The van der Waals surface area contributed by atoms with E-state index in [9.17, 15) is 4.79 Å². The molecule has 0 saturated carbocycles. The summed E-state index contributed by atoms with van der Waals surface area (Å²) in [4.78, 5) is 10.3. The Bertz CT molecular complexity index is 142. The number of rotatable bonds is 3. The summed E-state index contributed by atoms with van der Waals surface area (Å²) in [5.74, 6) is -0.836. The minimum absolute atomic E-state index is 0.154. The van der Waals surface area contributed by atoms with Crippen LogP contribution in [0.15, 0.2) is 0 Å². The second-order valence-corrected chi connectivity index (χ2v) is 3.18. The third-order valence-electron chi connectivity index (χ3n) is 2.07. The van der Waals surface area contributed by atoms with Crippen molar-refractivity contribution < 1.29 is 14.6 Å². The number of ether oxygens (including phenoxy) is 1. The van der Waals surface area contributed by atoms with E-state index in [2.05, 4.69) is 19.2 Å². The molecule has 1 saturated heterocycles. The van der Waals surface area contributed by atoms with E-state index in [0.29, 0.717) is 26.1 Å². The lowest BCUT2D eigenvalue weighted by Gasteiger charge is -2.17. The summed E-state index contributed by atoms with van der Waals surface area (Å²) in [7, 11) is 0. The third kappa shape index (κ3) is 6.86. The Morgan fingerprint density at radius 3 is 2.07 bits per heavy atom. The molecule has 2 N–H and O–H groups in total. The van der Waals surface area contributed by atoms with Crippen LogP contribution < -0.4 is 5.32 Å². The van der Waals surface area contributed by atoms with E-state index in [1.54, 1.807) is 0 Å². The molecule has 0 atom stereocenters. The summed E-state index contributed by atoms with van der Waals surface area (Å²) in [5.41, 5.74) is 0. The number of carbonyl (C=O) groups is 1. The van der Waals surface area contributed by atoms with Crippen molar-refractivity contribution in [2.24, 2.45) is 5.92 Å². The lowest BCUT2D eigenvalue weighted by molar-refractivity contribution is -0.144. The topological polar surface area (TPSA) is 58.6 Å². The van der Waals surface area contributed by atoms with E-state index in [-0.39, 0.29) is 5.92 Å². The number of aliphatic carboxylic acids is 1. The van der Waals surface area contributed by atoms with Gasteiger partial charge in [-0.2, -0.15) is 0 Å². The lowest BCUT2D eigenvalue weighted by atomic mass is 10.0. The van der Waals surface area contributed by atoms with Crippen LogP contribution in [-0.2, 0) is 9.53 Å². The van der Waals surface area contributed by atoms with Crippen molar-refractivity contribution in [3.05, 3.63) is 0 Å². The normalized spacial score (nSPS) is 17.0. The van der Waals surface area contributed by atoms with Crippen molar-refractivity contribution >= 4 is 5.97 Å². The van der Waals surface area contributed by atoms with Gasteiger partial charge < -0.3 is 15.2 Å². The monoisotopic (exact) mass is 203 g/mol. The lowest BCUT2D eigenvalue weighted by Crippen LogP contribution is -2.22. The van der Waals surface area contributed by atoms with Crippen molar-refractivity contribution in [1.29, 1.82) is 0 Å². The van der Waals surface area contributed by atoms with Crippen molar-refractivity contribution in [3.63, 3.8) is 0 Å². The molecule has 0 amide bonds. The molecule has 0 bridgehead atoms. The number of nitrogens with one attached hydrogen (secondary N) is 1. The predicted molar refractivity (Wildman–Crippen MR) is 55.4 cm³/mol. The number of hydrogen-bond acceptors (Lipinski definition) is 3. The molecular formula is C10H21NO3. The molecule has 1 fully saturated rings. The molecule has 4 heteroatoms. The third-order valence-corrected chi connectivity index (χ3v) is 2.07. The second-order valence-electron chi connectivity index (χ2n) is 3.18. The van der Waals surface area contributed by atoms with Gasteiger partial charge in [0.25, 0.3) is 0 Å². The molecular weight excluding hydrogens is 182 g/mol. The molecule has 0 aromatic carbocycles. The van der Waals surface area contributed by atoms with Crippen molar-refractivity contribution in [2.75, 3.05) is 26.3 Å². The molecule has 1 aliphatic rings. The summed E-state index contributed by atoms with van der Waals surface area (Å²) < 4.78 is 4.99. The van der Waals surface area contributed by atoms with Crippen molar-refractivity contribution in [3.8, 4) is 0 Å². The Morgan fingerprint density at radius 2 is 1.86 bits per heavy atom. The van der Waals surface area contributed by atoms with Gasteiger partial charge in [0.05, 0.1) is 5.92 Å². The van der Waals surface area contributed by atoms with Crippen LogP contribution in [0.25, 0.3) is 0 Å². The van der Waals surface area contributed by atoms with Crippen LogP contribution in [0.2, 0.25) is 0 Å². The molecule has 0 spiro atoms. The summed E-state index contributed by atoms with van der Waals surface area (Å²) in [6.45, 7) is 7.61. The number of carboxylic acids is 1. The molecule has 1 rings (SSSR count). The summed E-state index contributed by atoms with van der Waals surface area (Å²) in [6, 6.07) is 0. The predicted octanol–water partition coefficient (Wildman–Crippen LogP) is 1.11. The molecule has 0 radical (unpaired) electrons. The second kappa shape index (κ2) is 8.97. The molecule has 0 unspecified atom stereocenters. The van der Waals surface area contributed by atoms with E-state index in [4.69, 9.17) is 9.84 Å². The fraction of sp³-hybridized carbons (Fsp3) is 0.900. The first kappa shape index (κ1) is 13.4. The Hall–Kier alpha value is -0.610. The summed E-state index contributed by atoms with van der Waals surface area (Å²) >= 11 is 0. The molecule has 0 aromatic rings. The largest absolute Gasteiger partial charge is 0.481 e. The zero-order chi connectivity index (χ0) is 10.8. The Labute approximate surface area is 85.6 Å². The quantitative estimate of drug-likeness (QED) is 0.721. The number of carboxylic acid groups (broad SMARTS) is 1. The van der Waals surface area contributed by atoms with E-state index in [1.807, 2.05) is 0 Å². The zero-order valence-electron chi connectivity index (χ0n) is 9.08. The van der Waals surface area contributed by atoms with Crippen LogP contribution in [0.3, 0.4) is 0 Å². The minimum Gasteiger partial charge on any atom is -0.481 e. The van der Waals surface area contributed by atoms with Gasteiger partial charge >= 0.3 is 5.97 Å². The van der Waals surface area contributed by atoms with Crippen LogP contribution in [0.1, 0.15) is 26.7 Å². The maximum absolute atomic E-state index is 10.3. The highest BCUT2D eigenvalue weighted by molar-refractivity contribution is 5.69. The Balaban J connectivity index is 0.000000292. The molecule has 1 heterocycles. The van der Waals surface area contributed by atoms with Crippen molar-refractivity contribution in [1.82, 2.24) is 5.32 Å². The van der Waals surface area contributed by atoms with Crippen LogP contribution in [-0.4, -0.2) is 37.4 Å². The standard InChI is InChI=1S/C6H10O3.C4H11N/c7-6(8)5-1-3-9-4-2-5;1-3-5-4-2/h5H,1-4H2,(H,7,8);5H,3-4H2,1-2H3. The summed E-state index contributed by atoms with van der Waals surface area (Å²) in [5, 5.41) is 11.6. The average molecular weight is 203 g/mol. The number of hydrogen-bond donors (Lipinski definition) is 2. The zero-order valence-corrected chi connectivity index (χ0v) is 9.08. The molecule has 14 heavy (non-hydrogen) atoms. The van der Waals surface area contributed by atoms with Gasteiger partial charge in [-0.1, -0.05) is 13.8 Å². The van der Waals surface area contributed by atoms with Crippen LogP contribution in [0.4, 0.5) is 0 Å². The van der Waals surface area contributed by atoms with Gasteiger partial charge in [-0.05, 0) is 25.9 Å². The molecule has 1 aliphatic heterocycles. The van der Waals surface area contributed by atoms with Gasteiger partial charge in [0.15, 0.2) is 0 Å². The maximum Gasteiger partial charge on any atom is 0.306 e. The van der Waals surface area contributed by atoms with E-state index in [1.165, 1.54) is 0 Å². The Kier molecular flexibility index (Phi) is 8.57. The van der Waals surface area contributed by atoms with E-state index < -0.39 is 5.97 Å². The molecule has 0 aliphatic carbocycles. The van der Waals surface area contributed by atoms with Gasteiger partial charge in [-0.25, -0.2) is 0 Å². The minimum atomic E-state index is -0.682. The summed E-state index contributed by atoms with van der Waals surface area (Å²) in [6.07, 6.45) is 1.35. The fourth-order valence-corrected chi connectivity index (χ4v) is 1.19. The molecule has 0 aromatic heterocycles. The smallest absolute Gasteiger partial charge is 0.306 e. The first-order valence-electron chi connectivity index (χ1n) is 5.23. The van der Waals surface area contributed by atoms with Gasteiger partial charge in [0.2, 0.25) is 0 Å². The molecule has 84 valence electrons. The van der Waals surface area contributed by atoms with Gasteiger partial charge in [-0.15, -0.1) is 0 Å².